The summed E-state index contributed by atoms with van der Waals surface area (Å²) in [6.07, 6.45) is 0. The van der Waals surface area contributed by atoms with E-state index in [-0.39, 0.29) is 11.5 Å². The van der Waals surface area contributed by atoms with Crippen molar-refractivity contribution < 1.29 is 14.0 Å². The van der Waals surface area contributed by atoms with E-state index in [4.69, 9.17) is 5.73 Å². The van der Waals surface area contributed by atoms with E-state index in [1.807, 2.05) is 0 Å². The highest BCUT2D eigenvalue weighted by Crippen LogP contribution is 2.19. The van der Waals surface area contributed by atoms with Crippen LogP contribution in [0.4, 0.5) is 4.39 Å². The predicted octanol–water partition coefficient (Wildman–Crippen LogP) is 2.17. The molecule has 1 aromatic heterocycles. The molecule has 2 amide bonds. The van der Waals surface area contributed by atoms with E-state index in [1.165, 1.54) is 18.2 Å². The molecule has 126 valence electrons. The summed E-state index contributed by atoms with van der Waals surface area (Å²) >= 11 is 0. The Morgan fingerprint density at radius 1 is 1.08 bits per heavy atom. The first kappa shape index (κ1) is 16.4. The third-order valence-corrected chi connectivity index (χ3v) is 3.66. The lowest BCUT2D eigenvalue weighted by molar-refractivity contribution is -0.120. The zero-order chi connectivity index (χ0) is 17.8. The number of nitrogens with zero attached hydrogens (tertiary/aromatic N) is 1. The van der Waals surface area contributed by atoms with Crippen molar-refractivity contribution in [3.05, 3.63) is 77.7 Å². The Morgan fingerprint density at radius 3 is 2.40 bits per heavy atom. The van der Waals surface area contributed by atoms with Crippen LogP contribution in [0.5, 0.6) is 0 Å². The average Bonchev–Trinajstić information content (AvgIpc) is 3.11. The van der Waals surface area contributed by atoms with Crippen LogP contribution >= 0.6 is 0 Å². The molecule has 0 saturated carbocycles. The number of nitrogens with two attached hydrogens (primary N) is 1. The summed E-state index contributed by atoms with van der Waals surface area (Å²) in [6, 6.07) is 15.0. The van der Waals surface area contributed by atoms with E-state index < -0.39 is 17.9 Å². The Kier molecular flexibility index (Phi) is 4.56. The van der Waals surface area contributed by atoms with Crippen molar-refractivity contribution >= 4 is 11.8 Å². The first-order chi connectivity index (χ1) is 12.0. The minimum absolute atomic E-state index is 0.168. The molecule has 3 rings (SSSR count). The normalized spacial score (nSPS) is 11.7. The van der Waals surface area contributed by atoms with E-state index in [0.717, 1.165) is 0 Å². The van der Waals surface area contributed by atoms with E-state index in [2.05, 4.69) is 15.5 Å². The van der Waals surface area contributed by atoms with Gasteiger partial charge in [0.1, 0.15) is 17.6 Å². The zero-order valence-corrected chi connectivity index (χ0v) is 13.1. The SMILES string of the molecule is NC(=O)[C@@H](NC(=O)c1cc(-c2ccc(F)cc2)n[nH]1)c1ccccc1. The van der Waals surface area contributed by atoms with Gasteiger partial charge in [-0.15, -0.1) is 0 Å². The number of rotatable bonds is 5. The van der Waals surface area contributed by atoms with E-state index in [9.17, 15) is 14.0 Å². The van der Waals surface area contributed by atoms with Gasteiger partial charge in [-0.05, 0) is 35.9 Å². The molecular weight excluding hydrogens is 323 g/mol. The summed E-state index contributed by atoms with van der Waals surface area (Å²) < 4.78 is 13.0. The summed E-state index contributed by atoms with van der Waals surface area (Å²) in [7, 11) is 0. The van der Waals surface area contributed by atoms with Crippen LogP contribution in [0.25, 0.3) is 11.3 Å². The van der Waals surface area contributed by atoms with Crippen LogP contribution in [0.3, 0.4) is 0 Å². The third-order valence-electron chi connectivity index (χ3n) is 3.66. The molecule has 1 atom stereocenters. The lowest BCUT2D eigenvalue weighted by atomic mass is 10.1. The minimum atomic E-state index is -0.953. The number of aromatic nitrogens is 2. The number of H-pyrrole nitrogens is 1. The lowest BCUT2D eigenvalue weighted by Gasteiger charge is -2.15. The Balaban J connectivity index is 1.79. The second-order valence-electron chi connectivity index (χ2n) is 5.39. The van der Waals surface area contributed by atoms with Crippen LogP contribution in [0.1, 0.15) is 22.1 Å². The van der Waals surface area contributed by atoms with Crippen molar-refractivity contribution in [1.82, 2.24) is 15.5 Å². The monoisotopic (exact) mass is 338 g/mol. The van der Waals surface area contributed by atoms with Gasteiger partial charge < -0.3 is 11.1 Å². The standard InChI is InChI=1S/C18H15FN4O2/c19-13-8-6-11(7-9-13)14-10-15(23-22-14)18(25)21-16(17(20)24)12-4-2-1-3-5-12/h1-10,16H,(H2,20,24)(H,21,25)(H,22,23)/t16-/m0/s1. The summed E-state index contributed by atoms with van der Waals surface area (Å²) in [5.74, 6) is -1.55. The summed E-state index contributed by atoms with van der Waals surface area (Å²) in [4.78, 5) is 24.1. The minimum Gasteiger partial charge on any atom is -0.368 e. The van der Waals surface area contributed by atoms with Gasteiger partial charge in [-0.2, -0.15) is 5.10 Å². The maximum Gasteiger partial charge on any atom is 0.270 e. The number of halogens is 1. The zero-order valence-electron chi connectivity index (χ0n) is 13.1. The van der Waals surface area contributed by atoms with Gasteiger partial charge in [0.05, 0.1) is 5.69 Å². The number of carbonyl (C=O) groups excluding carboxylic acids is 2. The summed E-state index contributed by atoms with van der Waals surface area (Å²) in [5, 5.41) is 9.22. The third kappa shape index (κ3) is 3.72. The molecule has 0 spiro atoms. The van der Waals surface area contributed by atoms with Crippen molar-refractivity contribution in [3.63, 3.8) is 0 Å². The largest absolute Gasteiger partial charge is 0.368 e. The summed E-state index contributed by atoms with van der Waals surface area (Å²) in [6.45, 7) is 0. The molecule has 6 nitrogen and oxygen atoms in total. The number of nitrogens with one attached hydrogen (secondary N) is 2. The average molecular weight is 338 g/mol. The molecule has 3 aromatic rings. The van der Waals surface area contributed by atoms with Crippen molar-refractivity contribution in [1.29, 1.82) is 0 Å². The molecular formula is C18H15FN4O2. The van der Waals surface area contributed by atoms with Crippen molar-refractivity contribution in [3.8, 4) is 11.3 Å². The highest BCUT2D eigenvalue weighted by atomic mass is 19.1. The van der Waals surface area contributed by atoms with Crippen LogP contribution in [0, 0.1) is 5.82 Å². The predicted molar refractivity (Wildman–Crippen MR) is 89.8 cm³/mol. The van der Waals surface area contributed by atoms with Crippen LogP contribution < -0.4 is 11.1 Å². The number of benzene rings is 2. The molecule has 2 aromatic carbocycles. The van der Waals surface area contributed by atoms with Gasteiger partial charge in [0.2, 0.25) is 5.91 Å². The Morgan fingerprint density at radius 2 is 1.76 bits per heavy atom. The van der Waals surface area contributed by atoms with Crippen molar-refractivity contribution in [2.75, 3.05) is 0 Å². The summed E-state index contributed by atoms with van der Waals surface area (Å²) in [5.41, 5.74) is 7.29. The van der Waals surface area contributed by atoms with E-state index in [1.54, 1.807) is 42.5 Å². The fourth-order valence-corrected chi connectivity index (χ4v) is 2.38. The number of primary amides is 1. The molecule has 0 aliphatic heterocycles. The first-order valence-corrected chi connectivity index (χ1v) is 7.51. The Bertz CT molecular complexity index is 891. The number of amides is 2. The topological polar surface area (TPSA) is 101 Å². The number of carbonyl (C=O) groups is 2. The quantitative estimate of drug-likeness (QED) is 0.664. The molecule has 0 aliphatic rings. The fraction of sp³-hybridized carbons (Fsp3) is 0.0556. The van der Waals surface area contributed by atoms with Gasteiger partial charge in [0, 0.05) is 5.56 Å². The Hall–Kier alpha value is -3.48. The van der Waals surface area contributed by atoms with Crippen LogP contribution in [-0.4, -0.2) is 22.0 Å². The second kappa shape index (κ2) is 6.96. The highest BCUT2D eigenvalue weighted by molar-refractivity contribution is 5.96. The molecule has 4 N–H and O–H groups in total. The van der Waals surface area contributed by atoms with Gasteiger partial charge in [0.15, 0.2) is 0 Å². The van der Waals surface area contributed by atoms with Crippen LogP contribution in [0.15, 0.2) is 60.7 Å². The highest BCUT2D eigenvalue weighted by Gasteiger charge is 2.22. The lowest BCUT2D eigenvalue weighted by Crippen LogP contribution is -2.37. The van der Waals surface area contributed by atoms with Crippen molar-refractivity contribution in [2.45, 2.75) is 6.04 Å². The molecule has 25 heavy (non-hydrogen) atoms. The van der Waals surface area contributed by atoms with Gasteiger partial charge in [-0.3, -0.25) is 14.7 Å². The number of hydrogen-bond donors (Lipinski definition) is 3. The van der Waals surface area contributed by atoms with Crippen LogP contribution in [0.2, 0.25) is 0 Å². The molecule has 0 radical (unpaired) electrons. The van der Waals surface area contributed by atoms with E-state index in [0.29, 0.717) is 16.8 Å². The molecule has 0 bridgehead atoms. The number of aromatic amines is 1. The fourth-order valence-electron chi connectivity index (χ4n) is 2.38. The maximum atomic E-state index is 13.0. The van der Waals surface area contributed by atoms with Crippen molar-refractivity contribution in [2.24, 2.45) is 5.73 Å². The molecule has 7 heteroatoms. The van der Waals surface area contributed by atoms with Gasteiger partial charge in [-0.1, -0.05) is 30.3 Å². The van der Waals surface area contributed by atoms with Crippen LogP contribution in [-0.2, 0) is 4.79 Å². The molecule has 1 heterocycles. The van der Waals surface area contributed by atoms with Gasteiger partial charge >= 0.3 is 0 Å². The molecule has 0 aliphatic carbocycles. The smallest absolute Gasteiger partial charge is 0.270 e. The Labute approximate surface area is 142 Å². The molecule has 0 saturated heterocycles. The second-order valence-corrected chi connectivity index (χ2v) is 5.39. The molecule has 0 unspecified atom stereocenters. The van der Waals surface area contributed by atoms with Gasteiger partial charge in [0.25, 0.3) is 5.91 Å². The number of hydrogen-bond acceptors (Lipinski definition) is 3. The van der Waals surface area contributed by atoms with E-state index >= 15 is 0 Å². The van der Waals surface area contributed by atoms with Gasteiger partial charge in [-0.25, -0.2) is 4.39 Å². The molecule has 0 fully saturated rings. The first-order valence-electron chi connectivity index (χ1n) is 7.51. The maximum absolute atomic E-state index is 13.0.